The molecule has 30 heavy (non-hydrogen) atoms. The van der Waals surface area contributed by atoms with Gasteiger partial charge in [-0.3, -0.25) is 9.59 Å². The van der Waals surface area contributed by atoms with Gasteiger partial charge in [-0.15, -0.1) is 0 Å². The molecule has 2 amide bonds. The van der Waals surface area contributed by atoms with Crippen LogP contribution < -0.4 is 10.2 Å². The first-order valence-corrected chi connectivity index (χ1v) is 12.0. The molecule has 1 aromatic rings. The molecule has 4 bridgehead atoms. The van der Waals surface area contributed by atoms with Gasteiger partial charge >= 0.3 is 0 Å². The molecule has 1 aromatic carbocycles. The lowest BCUT2D eigenvalue weighted by Gasteiger charge is -2.59. The minimum atomic E-state index is -0.410. The first-order chi connectivity index (χ1) is 14.4. The number of hydrogen-bond acceptors (Lipinski definition) is 2. The molecule has 5 fully saturated rings. The van der Waals surface area contributed by atoms with E-state index in [4.69, 9.17) is 11.6 Å². The van der Waals surface area contributed by atoms with Crippen molar-refractivity contribution in [1.29, 1.82) is 0 Å². The van der Waals surface area contributed by atoms with Crippen LogP contribution in [0.1, 0.15) is 48.9 Å². The summed E-state index contributed by atoms with van der Waals surface area (Å²) in [4.78, 5) is 30.5. The van der Waals surface area contributed by atoms with Crippen LogP contribution in [0.15, 0.2) is 24.3 Å². The van der Waals surface area contributed by atoms with E-state index in [-0.39, 0.29) is 17.2 Å². The molecule has 5 nitrogen and oxygen atoms in total. The number of benzene rings is 1. The highest BCUT2D eigenvalue weighted by Gasteiger charge is 2.57. The number of likely N-dealkylation sites (N-methyl/N-ethyl adjacent to an activating group) is 1. The molecule has 1 aliphatic heterocycles. The summed E-state index contributed by atoms with van der Waals surface area (Å²) >= 11 is 6.00. The predicted molar refractivity (Wildman–Crippen MR) is 117 cm³/mol. The van der Waals surface area contributed by atoms with Gasteiger partial charge < -0.3 is 15.1 Å². The van der Waals surface area contributed by atoms with E-state index in [1.54, 1.807) is 24.3 Å². The number of quaternary nitrogens is 1. The Morgan fingerprint density at radius 1 is 1.03 bits per heavy atom. The van der Waals surface area contributed by atoms with Crippen LogP contribution in [0.5, 0.6) is 0 Å². The lowest BCUT2D eigenvalue weighted by Crippen LogP contribution is -3.12. The minimum Gasteiger partial charge on any atom is -0.340 e. The molecule has 2 N–H and O–H groups in total. The van der Waals surface area contributed by atoms with Crippen molar-refractivity contribution in [3.05, 3.63) is 34.9 Å². The van der Waals surface area contributed by atoms with Gasteiger partial charge in [0.2, 0.25) is 5.91 Å². The van der Waals surface area contributed by atoms with Crippen LogP contribution >= 0.6 is 11.6 Å². The molecular weight excluding hydrogens is 398 g/mol. The monoisotopic (exact) mass is 430 g/mol. The molecule has 0 unspecified atom stereocenters. The largest absolute Gasteiger partial charge is 0.340 e. The number of nitrogens with one attached hydrogen (secondary N) is 2. The first-order valence-electron chi connectivity index (χ1n) is 11.6. The van der Waals surface area contributed by atoms with Gasteiger partial charge in [0, 0.05) is 16.0 Å². The van der Waals surface area contributed by atoms with Crippen LogP contribution in [0.25, 0.3) is 0 Å². The van der Waals surface area contributed by atoms with E-state index in [1.165, 1.54) is 24.2 Å². The lowest BCUT2D eigenvalue weighted by molar-refractivity contribution is -0.883. The molecule has 1 heterocycles. The summed E-state index contributed by atoms with van der Waals surface area (Å²) in [5.41, 5.74) is 0.508. The molecule has 4 aliphatic carbocycles. The van der Waals surface area contributed by atoms with Crippen LogP contribution in [0.4, 0.5) is 0 Å². The lowest BCUT2D eigenvalue weighted by atomic mass is 9.47. The Bertz CT molecular complexity index is 781. The van der Waals surface area contributed by atoms with E-state index in [2.05, 4.69) is 12.4 Å². The van der Waals surface area contributed by atoms with Crippen LogP contribution in [-0.2, 0) is 4.79 Å². The fraction of sp³-hybridized carbons (Fsp3) is 0.667. The number of rotatable bonds is 4. The van der Waals surface area contributed by atoms with E-state index in [0.717, 1.165) is 63.2 Å². The third-order valence-corrected chi connectivity index (χ3v) is 8.51. The summed E-state index contributed by atoms with van der Waals surface area (Å²) < 4.78 is 0. The molecule has 0 spiro atoms. The van der Waals surface area contributed by atoms with Crippen molar-refractivity contribution >= 4 is 23.4 Å². The van der Waals surface area contributed by atoms with Crippen LogP contribution in [0, 0.1) is 23.2 Å². The Morgan fingerprint density at radius 2 is 1.57 bits per heavy atom. The maximum Gasteiger partial charge on any atom is 0.251 e. The van der Waals surface area contributed by atoms with Gasteiger partial charge in [0.15, 0.2) is 0 Å². The average Bonchev–Trinajstić information content (AvgIpc) is 2.71. The van der Waals surface area contributed by atoms with Gasteiger partial charge in [-0.25, -0.2) is 0 Å². The maximum atomic E-state index is 13.8. The molecule has 5 aliphatic rings. The Balaban J connectivity index is 1.42. The van der Waals surface area contributed by atoms with E-state index in [1.807, 2.05) is 4.90 Å². The normalized spacial score (nSPS) is 34.1. The van der Waals surface area contributed by atoms with Crippen LogP contribution in [0.3, 0.4) is 0 Å². The van der Waals surface area contributed by atoms with Gasteiger partial charge in [0.1, 0.15) is 6.04 Å². The molecule has 4 saturated carbocycles. The van der Waals surface area contributed by atoms with Crippen molar-refractivity contribution in [2.45, 2.75) is 44.6 Å². The minimum absolute atomic E-state index is 0.0654. The number of carbonyl (C=O) groups is 2. The Labute approximate surface area is 184 Å². The SMILES string of the molecule is C[NH+]1CCN(C(=O)[C@@H](NC(=O)c2ccc(Cl)cc2)C23CC4CC(CC(C4)C2)C3)CC1. The van der Waals surface area contributed by atoms with Gasteiger partial charge in [-0.2, -0.15) is 0 Å². The fourth-order valence-electron chi connectivity index (χ4n) is 7.12. The molecule has 1 atom stereocenters. The summed E-state index contributed by atoms with van der Waals surface area (Å²) in [7, 11) is 2.18. The molecular formula is C24H33ClN3O2+. The van der Waals surface area contributed by atoms with Crippen molar-refractivity contribution in [3.8, 4) is 0 Å². The van der Waals surface area contributed by atoms with Crippen molar-refractivity contribution in [2.24, 2.45) is 23.2 Å². The quantitative estimate of drug-likeness (QED) is 0.767. The molecule has 6 rings (SSSR count). The van der Waals surface area contributed by atoms with Gasteiger partial charge in [0.25, 0.3) is 5.91 Å². The summed E-state index contributed by atoms with van der Waals surface area (Å²) in [5.74, 6) is 2.19. The highest BCUT2D eigenvalue weighted by atomic mass is 35.5. The smallest absolute Gasteiger partial charge is 0.251 e. The van der Waals surface area contributed by atoms with Gasteiger partial charge in [-0.05, 0) is 80.5 Å². The van der Waals surface area contributed by atoms with Gasteiger partial charge in [0.05, 0.1) is 33.2 Å². The van der Waals surface area contributed by atoms with E-state index >= 15 is 0 Å². The molecule has 0 aromatic heterocycles. The zero-order valence-electron chi connectivity index (χ0n) is 17.8. The summed E-state index contributed by atoms with van der Waals surface area (Å²) in [6.07, 6.45) is 7.25. The Morgan fingerprint density at radius 3 is 2.10 bits per heavy atom. The molecule has 1 saturated heterocycles. The first kappa shape index (κ1) is 20.3. The molecule has 162 valence electrons. The van der Waals surface area contributed by atoms with Crippen molar-refractivity contribution in [1.82, 2.24) is 10.2 Å². The van der Waals surface area contributed by atoms with E-state index < -0.39 is 6.04 Å². The zero-order valence-corrected chi connectivity index (χ0v) is 18.6. The van der Waals surface area contributed by atoms with Crippen molar-refractivity contribution < 1.29 is 14.5 Å². The highest BCUT2D eigenvalue weighted by Crippen LogP contribution is 2.61. The third kappa shape index (κ3) is 3.75. The number of nitrogens with zero attached hydrogens (tertiary/aromatic N) is 1. The Hall–Kier alpha value is -1.59. The summed E-state index contributed by atoms with van der Waals surface area (Å²) in [6.45, 7) is 3.52. The second-order valence-electron chi connectivity index (χ2n) is 10.5. The number of hydrogen-bond donors (Lipinski definition) is 2. The van der Waals surface area contributed by atoms with E-state index in [9.17, 15) is 9.59 Å². The van der Waals surface area contributed by atoms with Gasteiger partial charge in [-0.1, -0.05) is 11.6 Å². The fourth-order valence-corrected chi connectivity index (χ4v) is 7.24. The molecule has 0 radical (unpaired) electrons. The Kier molecular flexibility index (Phi) is 5.30. The highest BCUT2D eigenvalue weighted by molar-refractivity contribution is 6.30. The number of piperazine rings is 1. The maximum absolute atomic E-state index is 13.8. The van der Waals surface area contributed by atoms with Crippen LogP contribution in [0.2, 0.25) is 5.02 Å². The zero-order chi connectivity index (χ0) is 20.9. The number of amides is 2. The third-order valence-electron chi connectivity index (χ3n) is 8.26. The van der Waals surface area contributed by atoms with Crippen LogP contribution in [-0.4, -0.2) is 56.0 Å². The second kappa shape index (κ2) is 7.83. The second-order valence-corrected chi connectivity index (χ2v) is 10.9. The number of carbonyl (C=O) groups excluding carboxylic acids is 2. The van der Waals surface area contributed by atoms with E-state index in [0.29, 0.717) is 10.6 Å². The molecule has 6 heteroatoms. The summed E-state index contributed by atoms with van der Waals surface area (Å²) in [5, 5.41) is 3.85. The number of halogens is 1. The topological polar surface area (TPSA) is 53.9 Å². The standard InChI is InChI=1S/C24H32ClN3O2/c1-27-6-8-28(9-7-27)23(30)21(26-22(29)19-2-4-20(25)5-3-19)24-13-16-10-17(14-24)12-18(11-16)15-24/h2-5,16-18,21H,6-15H2,1H3,(H,26,29)/p+1/t16?,17?,18?,21-,24?/m1/s1. The van der Waals surface area contributed by atoms with Crippen molar-refractivity contribution in [3.63, 3.8) is 0 Å². The van der Waals surface area contributed by atoms with Crippen molar-refractivity contribution in [2.75, 3.05) is 33.2 Å². The average molecular weight is 431 g/mol. The predicted octanol–water partition coefficient (Wildman–Crippen LogP) is 2.01. The summed E-state index contributed by atoms with van der Waals surface area (Å²) in [6, 6.07) is 6.56.